The van der Waals surface area contributed by atoms with Gasteiger partial charge in [-0.1, -0.05) is 36.4 Å². The van der Waals surface area contributed by atoms with Crippen molar-refractivity contribution in [2.45, 2.75) is 25.1 Å². The van der Waals surface area contributed by atoms with Crippen LogP contribution in [0.25, 0.3) is 11.1 Å². The Balaban J connectivity index is 1.70. The van der Waals surface area contributed by atoms with Crippen LogP contribution in [0.2, 0.25) is 0 Å². The molecule has 172 valence electrons. The highest BCUT2D eigenvalue weighted by Gasteiger charge is 2.51. The number of hydrogen-bond acceptors (Lipinski definition) is 4. The molecule has 3 rings (SSSR count). The summed E-state index contributed by atoms with van der Waals surface area (Å²) in [5.74, 6) is -1.31. The van der Waals surface area contributed by atoms with E-state index in [1.54, 1.807) is 0 Å². The van der Waals surface area contributed by atoms with E-state index in [9.17, 15) is 37.6 Å². The number of benzene rings is 3. The second kappa shape index (κ2) is 8.99. The number of rotatable bonds is 6. The summed E-state index contributed by atoms with van der Waals surface area (Å²) in [7, 11) is 0. The van der Waals surface area contributed by atoms with E-state index in [1.165, 1.54) is 48.5 Å². The molecule has 33 heavy (non-hydrogen) atoms. The molecule has 0 aliphatic heterocycles. The van der Waals surface area contributed by atoms with Crippen LogP contribution in [-0.4, -0.2) is 22.1 Å². The molecule has 0 aliphatic carbocycles. The lowest BCUT2D eigenvalue weighted by atomic mass is 9.93. The number of aliphatic hydroxyl groups is 1. The lowest BCUT2D eigenvalue weighted by molar-refractivity contribution is -0.384. The number of alkyl halides is 3. The van der Waals surface area contributed by atoms with E-state index < -0.39 is 28.1 Å². The molecule has 2 N–H and O–H groups in total. The molecule has 10 heteroatoms. The first-order valence-electron chi connectivity index (χ1n) is 9.61. The standard InChI is InChI=1S/C23H18F4N2O4/c1-22(31,23(25,26)27)16-6-11-19(20(24)13-16)15-4-7-17(8-5-15)28-21(30)12-14-2-9-18(10-3-14)29(32)33/h2-11,13,31H,12H2,1H3,(H,28,30). The maximum atomic E-state index is 14.5. The van der Waals surface area contributed by atoms with E-state index >= 15 is 0 Å². The predicted octanol–water partition coefficient (Wildman–Crippen LogP) is 5.35. The first-order valence-corrected chi connectivity index (χ1v) is 9.61. The van der Waals surface area contributed by atoms with Crippen LogP contribution in [0.3, 0.4) is 0 Å². The van der Waals surface area contributed by atoms with Crippen molar-refractivity contribution in [3.63, 3.8) is 0 Å². The number of carbonyl (C=O) groups is 1. The Morgan fingerprint density at radius 2 is 1.64 bits per heavy atom. The third kappa shape index (κ3) is 5.35. The first kappa shape index (κ1) is 23.9. The molecule has 1 unspecified atom stereocenters. The third-order valence-corrected chi connectivity index (χ3v) is 5.07. The molecule has 0 bridgehead atoms. The van der Waals surface area contributed by atoms with E-state index in [0.29, 0.717) is 29.8 Å². The number of amides is 1. The van der Waals surface area contributed by atoms with Gasteiger partial charge in [0, 0.05) is 23.4 Å². The molecule has 0 fully saturated rings. The van der Waals surface area contributed by atoms with Gasteiger partial charge >= 0.3 is 6.18 Å². The molecule has 6 nitrogen and oxygen atoms in total. The van der Waals surface area contributed by atoms with Crippen molar-refractivity contribution in [1.29, 1.82) is 0 Å². The average molecular weight is 462 g/mol. The lowest BCUT2D eigenvalue weighted by Gasteiger charge is -2.27. The minimum atomic E-state index is -4.96. The second-order valence-corrected chi connectivity index (χ2v) is 7.49. The van der Waals surface area contributed by atoms with Gasteiger partial charge in [0.25, 0.3) is 5.69 Å². The van der Waals surface area contributed by atoms with Crippen molar-refractivity contribution in [3.05, 3.63) is 93.8 Å². The van der Waals surface area contributed by atoms with Crippen LogP contribution >= 0.6 is 0 Å². The molecular formula is C23H18F4N2O4. The molecule has 0 saturated carbocycles. The fourth-order valence-corrected chi connectivity index (χ4v) is 3.07. The summed E-state index contributed by atoms with van der Waals surface area (Å²) in [5.41, 5.74) is -2.53. The minimum Gasteiger partial charge on any atom is -0.376 e. The Morgan fingerprint density at radius 3 is 2.15 bits per heavy atom. The van der Waals surface area contributed by atoms with Crippen LogP contribution in [0.15, 0.2) is 66.7 Å². The van der Waals surface area contributed by atoms with E-state index in [-0.39, 0.29) is 23.6 Å². The highest BCUT2D eigenvalue weighted by atomic mass is 19.4. The van der Waals surface area contributed by atoms with E-state index in [2.05, 4.69) is 5.32 Å². The van der Waals surface area contributed by atoms with Crippen molar-refractivity contribution in [3.8, 4) is 11.1 Å². The Hall–Kier alpha value is -3.79. The molecular weight excluding hydrogens is 444 g/mol. The number of carbonyl (C=O) groups excluding carboxylic acids is 1. The SMILES string of the molecule is CC(O)(c1ccc(-c2ccc(NC(=O)Cc3ccc([N+](=O)[O-])cc3)cc2)c(F)c1)C(F)(F)F. The molecule has 0 radical (unpaired) electrons. The van der Waals surface area contributed by atoms with Gasteiger partial charge in [0.15, 0.2) is 5.60 Å². The van der Waals surface area contributed by atoms with Gasteiger partial charge in [-0.3, -0.25) is 14.9 Å². The molecule has 1 amide bonds. The smallest absolute Gasteiger partial charge is 0.376 e. The Kier molecular flexibility index (Phi) is 6.50. The third-order valence-electron chi connectivity index (χ3n) is 5.07. The number of nitro groups is 1. The van der Waals surface area contributed by atoms with Crippen LogP contribution in [0.4, 0.5) is 28.9 Å². The molecule has 0 spiro atoms. The zero-order valence-electron chi connectivity index (χ0n) is 17.2. The number of nitrogens with zero attached hydrogens (tertiary/aromatic N) is 1. The van der Waals surface area contributed by atoms with Gasteiger partial charge in [0.1, 0.15) is 5.82 Å². The Labute approximate surface area is 185 Å². The number of nitrogens with one attached hydrogen (secondary N) is 1. The largest absolute Gasteiger partial charge is 0.421 e. The maximum Gasteiger partial charge on any atom is 0.421 e. The van der Waals surface area contributed by atoms with Gasteiger partial charge < -0.3 is 10.4 Å². The fraction of sp³-hybridized carbons (Fsp3) is 0.174. The minimum absolute atomic E-state index is 0.0189. The fourth-order valence-electron chi connectivity index (χ4n) is 3.07. The van der Waals surface area contributed by atoms with Gasteiger partial charge in [-0.15, -0.1) is 0 Å². The van der Waals surface area contributed by atoms with Gasteiger partial charge in [0.2, 0.25) is 5.91 Å². The van der Waals surface area contributed by atoms with Crippen molar-refractivity contribution in [2.75, 3.05) is 5.32 Å². The van der Waals surface area contributed by atoms with Crippen molar-refractivity contribution in [2.24, 2.45) is 0 Å². The molecule has 3 aromatic carbocycles. The summed E-state index contributed by atoms with van der Waals surface area (Å²) in [6.45, 7) is 0.551. The lowest BCUT2D eigenvalue weighted by Crippen LogP contribution is -2.39. The van der Waals surface area contributed by atoms with Gasteiger partial charge in [-0.05, 0) is 41.8 Å². The van der Waals surface area contributed by atoms with Crippen molar-refractivity contribution >= 4 is 17.3 Å². The highest BCUT2D eigenvalue weighted by Crippen LogP contribution is 2.39. The zero-order chi connectivity index (χ0) is 24.4. The van der Waals surface area contributed by atoms with Crippen molar-refractivity contribution < 1.29 is 32.4 Å². The van der Waals surface area contributed by atoms with Gasteiger partial charge in [0.05, 0.1) is 11.3 Å². The maximum absolute atomic E-state index is 14.5. The number of nitro benzene ring substituents is 1. The number of non-ortho nitro benzene ring substituents is 1. The van der Waals surface area contributed by atoms with Gasteiger partial charge in [-0.25, -0.2) is 4.39 Å². The van der Waals surface area contributed by atoms with Crippen molar-refractivity contribution in [1.82, 2.24) is 0 Å². The highest BCUT2D eigenvalue weighted by molar-refractivity contribution is 5.92. The molecule has 0 aliphatic rings. The topological polar surface area (TPSA) is 92.5 Å². The summed E-state index contributed by atoms with van der Waals surface area (Å²) in [5, 5.41) is 23.0. The first-order chi connectivity index (χ1) is 15.4. The molecule has 3 aromatic rings. The normalized spacial score (nSPS) is 13.3. The number of hydrogen-bond donors (Lipinski definition) is 2. The van der Waals surface area contributed by atoms with Gasteiger partial charge in [-0.2, -0.15) is 13.2 Å². The van der Waals surface area contributed by atoms with Crippen LogP contribution in [0.1, 0.15) is 18.1 Å². The molecule has 0 heterocycles. The number of anilines is 1. The Bertz CT molecular complexity index is 1170. The predicted molar refractivity (Wildman–Crippen MR) is 113 cm³/mol. The molecule has 0 aromatic heterocycles. The molecule has 1 atom stereocenters. The van der Waals surface area contributed by atoms with Crippen LogP contribution in [-0.2, 0) is 16.8 Å². The zero-order valence-corrected chi connectivity index (χ0v) is 17.2. The Morgan fingerprint density at radius 1 is 1.03 bits per heavy atom. The quantitative estimate of drug-likeness (QED) is 0.293. The second-order valence-electron chi connectivity index (χ2n) is 7.49. The van der Waals surface area contributed by atoms with Crippen LogP contribution in [0.5, 0.6) is 0 Å². The summed E-state index contributed by atoms with van der Waals surface area (Å²) in [4.78, 5) is 22.3. The summed E-state index contributed by atoms with van der Waals surface area (Å²) >= 11 is 0. The van der Waals surface area contributed by atoms with E-state index in [1.807, 2.05) is 0 Å². The number of halogens is 4. The summed E-state index contributed by atoms with van der Waals surface area (Å²) in [6.07, 6.45) is -4.98. The van der Waals surface area contributed by atoms with Crippen LogP contribution < -0.4 is 5.32 Å². The molecule has 0 saturated heterocycles. The van der Waals surface area contributed by atoms with E-state index in [0.717, 1.165) is 12.1 Å². The average Bonchev–Trinajstić information content (AvgIpc) is 2.74. The van der Waals surface area contributed by atoms with Crippen LogP contribution in [0, 0.1) is 15.9 Å². The summed E-state index contributed by atoms with van der Waals surface area (Å²) < 4.78 is 53.4. The summed E-state index contributed by atoms with van der Waals surface area (Å²) in [6, 6.07) is 14.3. The van der Waals surface area contributed by atoms with E-state index in [4.69, 9.17) is 0 Å². The monoisotopic (exact) mass is 462 g/mol.